The first kappa shape index (κ1) is 12.6. The lowest BCUT2D eigenvalue weighted by molar-refractivity contribution is 0.412. The Hall–Kier alpha value is -1.82. The molecule has 1 aromatic heterocycles. The van der Waals surface area contributed by atoms with Gasteiger partial charge in [-0.05, 0) is 34.1 Å². The van der Waals surface area contributed by atoms with Crippen LogP contribution < -0.4 is 15.4 Å². The molecule has 0 unspecified atom stereocenters. The van der Waals surface area contributed by atoms with E-state index in [-0.39, 0.29) is 0 Å². The highest BCUT2D eigenvalue weighted by Crippen LogP contribution is 2.29. The van der Waals surface area contributed by atoms with Gasteiger partial charge in [0, 0.05) is 25.0 Å². The number of benzene rings is 1. The summed E-state index contributed by atoms with van der Waals surface area (Å²) in [5.74, 6) is 2.06. The van der Waals surface area contributed by atoms with Crippen molar-refractivity contribution in [2.45, 2.75) is 0 Å². The molecule has 94 valence electrons. The quantitative estimate of drug-likeness (QED) is 0.909. The van der Waals surface area contributed by atoms with Crippen LogP contribution in [0.15, 0.2) is 34.9 Å². The number of nitrogens with one attached hydrogen (secondary N) is 2. The zero-order chi connectivity index (χ0) is 13.0. The number of rotatable bonds is 4. The highest BCUT2D eigenvalue weighted by molar-refractivity contribution is 9.10. The van der Waals surface area contributed by atoms with E-state index >= 15 is 0 Å². The molecule has 0 saturated carbocycles. The van der Waals surface area contributed by atoms with E-state index in [1.807, 2.05) is 18.2 Å². The number of hydrogen-bond acceptors (Lipinski definition) is 5. The van der Waals surface area contributed by atoms with Crippen molar-refractivity contribution >= 4 is 33.4 Å². The first-order valence-electron chi connectivity index (χ1n) is 5.34. The zero-order valence-corrected chi connectivity index (χ0v) is 11.7. The van der Waals surface area contributed by atoms with Gasteiger partial charge in [0.2, 0.25) is 5.95 Å². The SMILES string of the molecule is CNc1nccc(Nc2ccc(Br)c(OC)c2)n1. The van der Waals surface area contributed by atoms with E-state index in [1.165, 1.54) is 0 Å². The molecule has 2 rings (SSSR count). The van der Waals surface area contributed by atoms with Crippen LogP contribution in [0.4, 0.5) is 17.5 Å². The maximum atomic E-state index is 5.24. The maximum Gasteiger partial charge on any atom is 0.224 e. The average Bonchev–Trinajstić information content (AvgIpc) is 2.41. The van der Waals surface area contributed by atoms with E-state index in [4.69, 9.17) is 4.74 Å². The zero-order valence-electron chi connectivity index (χ0n) is 10.1. The smallest absolute Gasteiger partial charge is 0.224 e. The van der Waals surface area contributed by atoms with Crippen LogP contribution in [0.25, 0.3) is 0 Å². The number of anilines is 3. The minimum atomic E-state index is 0.573. The van der Waals surface area contributed by atoms with Crippen molar-refractivity contribution in [2.24, 2.45) is 0 Å². The molecule has 0 spiro atoms. The van der Waals surface area contributed by atoms with Crippen LogP contribution in [-0.4, -0.2) is 24.1 Å². The fraction of sp³-hybridized carbons (Fsp3) is 0.167. The Labute approximate surface area is 114 Å². The fourth-order valence-electron chi connectivity index (χ4n) is 1.43. The van der Waals surface area contributed by atoms with Gasteiger partial charge < -0.3 is 15.4 Å². The summed E-state index contributed by atoms with van der Waals surface area (Å²) in [5.41, 5.74) is 0.899. The Morgan fingerprint density at radius 3 is 2.83 bits per heavy atom. The van der Waals surface area contributed by atoms with Crippen LogP contribution in [-0.2, 0) is 0 Å². The lowest BCUT2D eigenvalue weighted by Crippen LogP contribution is -1.99. The van der Waals surface area contributed by atoms with Gasteiger partial charge >= 0.3 is 0 Å². The van der Waals surface area contributed by atoms with Gasteiger partial charge in [0.1, 0.15) is 11.6 Å². The number of nitrogens with zero attached hydrogens (tertiary/aromatic N) is 2. The second-order valence-corrected chi connectivity index (χ2v) is 4.34. The van der Waals surface area contributed by atoms with Crippen LogP contribution in [0, 0.1) is 0 Å². The van der Waals surface area contributed by atoms with Crippen LogP contribution >= 0.6 is 15.9 Å². The largest absolute Gasteiger partial charge is 0.495 e. The summed E-state index contributed by atoms with van der Waals surface area (Å²) in [6.45, 7) is 0. The summed E-state index contributed by atoms with van der Waals surface area (Å²) >= 11 is 3.41. The normalized spacial score (nSPS) is 9.94. The van der Waals surface area contributed by atoms with Gasteiger partial charge in [-0.15, -0.1) is 0 Å². The average molecular weight is 309 g/mol. The van der Waals surface area contributed by atoms with Crippen molar-refractivity contribution in [2.75, 3.05) is 24.8 Å². The van der Waals surface area contributed by atoms with Crippen molar-refractivity contribution in [3.8, 4) is 5.75 Å². The molecule has 5 nitrogen and oxygen atoms in total. The third-order valence-corrected chi connectivity index (χ3v) is 2.96. The number of halogens is 1. The Bertz CT molecular complexity index is 547. The molecule has 0 bridgehead atoms. The lowest BCUT2D eigenvalue weighted by Gasteiger charge is -2.09. The molecule has 0 saturated heterocycles. The van der Waals surface area contributed by atoms with Crippen LogP contribution in [0.1, 0.15) is 0 Å². The van der Waals surface area contributed by atoms with Crippen LogP contribution in [0.2, 0.25) is 0 Å². The maximum absolute atomic E-state index is 5.24. The van der Waals surface area contributed by atoms with Gasteiger partial charge in [-0.25, -0.2) is 4.98 Å². The molecule has 0 fully saturated rings. The molecule has 1 aromatic carbocycles. The number of methoxy groups -OCH3 is 1. The van der Waals surface area contributed by atoms with Crippen molar-refractivity contribution in [3.05, 3.63) is 34.9 Å². The molecule has 1 heterocycles. The molecular weight excluding hydrogens is 296 g/mol. The Kier molecular flexibility index (Phi) is 3.99. The highest BCUT2D eigenvalue weighted by atomic mass is 79.9. The minimum absolute atomic E-state index is 0.573. The predicted octanol–water partition coefficient (Wildman–Crippen LogP) is 3.03. The van der Waals surface area contributed by atoms with Crippen LogP contribution in [0.5, 0.6) is 5.75 Å². The molecule has 0 aliphatic heterocycles. The van der Waals surface area contributed by atoms with E-state index in [1.54, 1.807) is 26.4 Å². The predicted molar refractivity (Wildman–Crippen MR) is 75.6 cm³/mol. The highest BCUT2D eigenvalue weighted by Gasteiger charge is 2.03. The van der Waals surface area contributed by atoms with Gasteiger partial charge in [-0.3, -0.25) is 0 Å². The second kappa shape index (κ2) is 5.68. The van der Waals surface area contributed by atoms with E-state index in [0.717, 1.165) is 21.7 Å². The summed E-state index contributed by atoms with van der Waals surface area (Å²) in [6, 6.07) is 7.55. The molecule has 0 radical (unpaired) electrons. The van der Waals surface area contributed by atoms with E-state index in [0.29, 0.717) is 5.95 Å². The Balaban J connectivity index is 2.22. The summed E-state index contributed by atoms with van der Waals surface area (Å²) in [5, 5.41) is 6.08. The molecule has 0 aliphatic carbocycles. The molecule has 0 aliphatic rings. The standard InChI is InChI=1S/C12H13BrN4O/c1-14-12-15-6-5-11(17-12)16-8-3-4-9(13)10(7-8)18-2/h3-7H,1-2H3,(H2,14,15,16,17). The summed E-state index contributed by atoms with van der Waals surface area (Å²) < 4.78 is 6.15. The first-order chi connectivity index (χ1) is 8.72. The summed E-state index contributed by atoms with van der Waals surface area (Å²) in [6.07, 6.45) is 1.69. The molecule has 18 heavy (non-hydrogen) atoms. The molecule has 2 aromatic rings. The molecule has 6 heteroatoms. The van der Waals surface area contributed by atoms with E-state index < -0.39 is 0 Å². The second-order valence-electron chi connectivity index (χ2n) is 3.49. The molecule has 0 atom stereocenters. The topological polar surface area (TPSA) is 59.1 Å². The minimum Gasteiger partial charge on any atom is -0.495 e. The van der Waals surface area contributed by atoms with Gasteiger partial charge in [-0.2, -0.15) is 4.98 Å². The Morgan fingerprint density at radius 1 is 1.28 bits per heavy atom. The number of ether oxygens (including phenoxy) is 1. The van der Waals surface area contributed by atoms with E-state index in [9.17, 15) is 0 Å². The van der Waals surface area contributed by atoms with Crippen molar-refractivity contribution in [1.82, 2.24) is 9.97 Å². The van der Waals surface area contributed by atoms with Crippen LogP contribution in [0.3, 0.4) is 0 Å². The third-order valence-electron chi connectivity index (χ3n) is 2.30. The number of aromatic nitrogens is 2. The first-order valence-corrected chi connectivity index (χ1v) is 6.13. The summed E-state index contributed by atoms with van der Waals surface area (Å²) in [7, 11) is 3.41. The third kappa shape index (κ3) is 2.89. The van der Waals surface area contributed by atoms with Gasteiger partial charge in [0.25, 0.3) is 0 Å². The van der Waals surface area contributed by atoms with E-state index in [2.05, 4.69) is 36.5 Å². The molecule has 0 amide bonds. The fourth-order valence-corrected chi connectivity index (χ4v) is 1.84. The monoisotopic (exact) mass is 308 g/mol. The lowest BCUT2D eigenvalue weighted by atomic mass is 10.3. The van der Waals surface area contributed by atoms with Gasteiger partial charge in [0.05, 0.1) is 11.6 Å². The molecular formula is C12H13BrN4O. The number of hydrogen-bond donors (Lipinski definition) is 2. The Morgan fingerprint density at radius 2 is 2.11 bits per heavy atom. The molecule has 2 N–H and O–H groups in total. The van der Waals surface area contributed by atoms with Crippen molar-refractivity contribution < 1.29 is 4.74 Å². The van der Waals surface area contributed by atoms with Gasteiger partial charge in [0.15, 0.2) is 0 Å². The van der Waals surface area contributed by atoms with Gasteiger partial charge in [-0.1, -0.05) is 0 Å². The van der Waals surface area contributed by atoms with Crippen molar-refractivity contribution in [3.63, 3.8) is 0 Å². The summed E-state index contributed by atoms with van der Waals surface area (Å²) in [4.78, 5) is 8.33. The van der Waals surface area contributed by atoms with Crippen molar-refractivity contribution in [1.29, 1.82) is 0 Å².